The number of para-hydroxylation sites is 2. The molecule has 0 aliphatic carbocycles. The van der Waals surface area contributed by atoms with Crippen LogP contribution in [0, 0.1) is 11.3 Å². The molecule has 0 fully saturated rings. The topological polar surface area (TPSA) is 60.7 Å². The second-order valence-electron chi connectivity index (χ2n) is 5.97. The lowest BCUT2D eigenvalue weighted by molar-refractivity contribution is 0.174. The summed E-state index contributed by atoms with van der Waals surface area (Å²) in [5.41, 5.74) is 1.81. The zero-order chi connectivity index (χ0) is 18.5. The van der Waals surface area contributed by atoms with Crippen LogP contribution in [0.5, 0.6) is 28.7 Å². The Bertz CT molecular complexity index is 979. The van der Waals surface area contributed by atoms with E-state index in [1.807, 2.05) is 54.6 Å². The van der Waals surface area contributed by atoms with Crippen molar-refractivity contribution in [1.82, 2.24) is 0 Å². The number of nitriles is 1. The van der Waals surface area contributed by atoms with Gasteiger partial charge in [-0.25, -0.2) is 0 Å². The van der Waals surface area contributed by atoms with E-state index < -0.39 is 0 Å². The van der Waals surface area contributed by atoms with Gasteiger partial charge in [0.2, 0.25) is 6.79 Å². The Balaban J connectivity index is 1.59. The lowest BCUT2D eigenvalue weighted by atomic mass is 10.1. The van der Waals surface area contributed by atoms with E-state index in [4.69, 9.17) is 24.2 Å². The fourth-order valence-corrected chi connectivity index (χ4v) is 2.79. The van der Waals surface area contributed by atoms with Gasteiger partial charge in [0.1, 0.15) is 12.4 Å². The molecule has 4 rings (SSSR count). The SMILES string of the molecule is N#CCc1cc2c(cc1Oc1ccccc1OCc1ccccc1)OCO2. The first kappa shape index (κ1) is 16.8. The Morgan fingerprint density at radius 1 is 0.852 bits per heavy atom. The van der Waals surface area contributed by atoms with Crippen LogP contribution in [-0.4, -0.2) is 6.79 Å². The Labute approximate surface area is 157 Å². The van der Waals surface area contributed by atoms with Crippen LogP contribution in [0.1, 0.15) is 11.1 Å². The van der Waals surface area contributed by atoms with Gasteiger partial charge < -0.3 is 18.9 Å². The van der Waals surface area contributed by atoms with Gasteiger partial charge in [-0.3, -0.25) is 0 Å². The maximum Gasteiger partial charge on any atom is 0.231 e. The fourth-order valence-electron chi connectivity index (χ4n) is 2.79. The van der Waals surface area contributed by atoms with Crippen LogP contribution in [-0.2, 0) is 13.0 Å². The third-order valence-electron chi connectivity index (χ3n) is 4.13. The predicted octanol–water partition coefficient (Wildman–Crippen LogP) is 4.85. The standard InChI is InChI=1S/C22H17NO4/c23-11-10-17-12-21-22(26-15-25-21)13-20(17)27-19-9-5-4-8-18(19)24-14-16-6-2-1-3-7-16/h1-9,12-13H,10,14-15H2. The number of nitrogens with zero attached hydrogens (tertiary/aromatic N) is 1. The molecule has 5 heteroatoms. The van der Waals surface area contributed by atoms with Gasteiger partial charge in [-0.05, 0) is 23.8 Å². The first-order chi connectivity index (χ1) is 13.3. The quantitative estimate of drug-likeness (QED) is 0.629. The van der Waals surface area contributed by atoms with Gasteiger partial charge in [0.25, 0.3) is 0 Å². The van der Waals surface area contributed by atoms with E-state index in [1.54, 1.807) is 12.1 Å². The summed E-state index contributed by atoms with van der Waals surface area (Å²) in [5.74, 6) is 2.99. The van der Waals surface area contributed by atoms with Crippen molar-refractivity contribution in [2.75, 3.05) is 6.79 Å². The van der Waals surface area contributed by atoms with Gasteiger partial charge >= 0.3 is 0 Å². The second kappa shape index (κ2) is 7.71. The number of hydrogen-bond donors (Lipinski definition) is 0. The van der Waals surface area contributed by atoms with Gasteiger partial charge in [0.05, 0.1) is 12.5 Å². The molecule has 0 saturated heterocycles. The van der Waals surface area contributed by atoms with Crippen LogP contribution in [0.25, 0.3) is 0 Å². The zero-order valence-corrected chi connectivity index (χ0v) is 14.6. The first-order valence-corrected chi connectivity index (χ1v) is 8.56. The van der Waals surface area contributed by atoms with Crippen molar-refractivity contribution in [2.24, 2.45) is 0 Å². The molecule has 1 aliphatic rings. The molecule has 0 bridgehead atoms. The molecule has 1 aliphatic heterocycles. The minimum absolute atomic E-state index is 0.168. The molecule has 0 unspecified atom stereocenters. The van der Waals surface area contributed by atoms with Crippen LogP contribution in [0.2, 0.25) is 0 Å². The van der Waals surface area contributed by atoms with E-state index in [0.717, 1.165) is 11.1 Å². The average Bonchev–Trinajstić information content (AvgIpc) is 3.16. The number of hydrogen-bond acceptors (Lipinski definition) is 5. The monoisotopic (exact) mass is 359 g/mol. The summed E-state index contributed by atoms with van der Waals surface area (Å²) in [6, 6.07) is 23.1. The Morgan fingerprint density at radius 2 is 1.56 bits per heavy atom. The molecule has 0 radical (unpaired) electrons. The van der Waals surface area contributed by atoms with E-state index in [2.05, 4.69) is 6.07 Å². The summed E-state index contributed by atoms with van der Waals surface area (Å²) < 4.78 is 22.9. The lowest BCUT2D eigenvalue weighted by Gasteiger charge is -2.14. The molecule has 0 saturated carbocycles. The van der Waals surface area contributed by atoms with Gasteiger partial charge in [0, 0.05) is 11.6 Å². The summed E-state index contributed by atoms with van der Waals surface area (Å²) >= 11 is 0. The summed E-state index contributed by atoms with van der Waals surface area (Å²) in [7, 11) is 0. The van der Waals surface area contributed by atoms with Gasteiger partial charge in [-0.15, -0.1) is 0 Å². The molecule has 3 aromatic rings. The normalized spacial score (nSPS) is 11.7. The minimum Gasteiger partial charge on any atom is -0.485 e. The van der Waals surface area contributed by atoms with Crippen molar-refractivity contribution in [1.29, 1.82) is 5.26 Å². The predicted molar refractivity (Wildman–Crippen MR) is 99.2 cm³/mol. The summed E-state index contributed by atoms with van der Waals surface area (Å²) in [6.45, 7) is 0.606. The minimum atomic E-state index is 0.168. The molecule has 0 atom stereocenters. The van der Waals surface area contributed by atoms with E-state index in [9.17, 15) is 0 Å². The van der Waals surface area contributed by atoms with Crippen LogP contribution in [0.15, 0.2) is 66.7 Å². The van der Waals surface area contributed by atoms with Gasteiger partial charge in [-0.2, -0.15) is 5.26 Å². The van der Waals surface area contributed by atoms with Gasteiger partial charge in [0.15, 0.2) is 23.0 Å². The van der Waals surface area contributed by atoms with E-state index in [-0.39, 0.29) is 13.2 Å². The van der Waals surface area contributed by atoms with E-state index in [1.165, 1.54) is 0 Å². The second-order valence-corrected chi connectivity index (χ2v) is 5.97. The molecule has 3 aromatic carbocycles. The van der Waals surface area contributed by atoms with Crippen molar-refractivity contribution in [2.45, 2.75) is 13.0 Å². The smallest absolute Gasteiger partial charge is 0.231 e. The Kier molecular flexibility index (Phi) is 4.80. The maximum atomic E-state index is 9.12. The molecular formula is C22H17NO4. The molecule has 27 heavy (non-hydrogen) atoms. The van der Waals surface area contributed by atoms with Gasteiger partial charge in [-0.1, -0.05) is 42.5 Å². The van der Waals surface area contributed by atoms with Crippen LogP contribution in [0.4, 0.5) is 0 Å². The molecule has 0 N–H and O–H groups in total. The highest BCUT2D eigenvalue weighted by molar-refractivity contribution is 5.54. The van der Waals surface area contributed by atoms with Crippen LogP contribution in [0.3, 0.4) is 0 Å². The molecule has 1 heterocycles. The van der Waals surface area contributed by atoms with Crippen molar-refractivity contribution in [3.8, 4) is 34.8 Å². The Hall–Kier alpha value is -3.65. The maximum absolute atomic E-state index is 9.12. The van der Waals surface area contributed by atoms with Crippen molar-refractivity contribution < 1.29 is 18.9 Å². The summed E-state index contributed by atoms with van der Waals surface area (Å²) in [5, 5.41) is 9.12. The highest BCUT2D eigenvalue weighted by Gasteiger charge is 2.19. The van der Waals surface area contributed by atoms with Crippen molar-refractivity contribution in [3.63, 3.8) is 0 Å². The zero-order valence-electron chi connectivity index (χ0n) is 14.6. The summed E-state index contributed by atoms with van der Waals surface area (Å²) in [6.07, 6.45) is 0.207. The third-order valence-corrected chi connectivity index (χ3v) is 4.13. The van der Waals surface area contributed by atoms with Crippen molar-refractivity contribution >= 4 is 0 Å². The highest BCUT2D eigenvalue weighted by atomic mass is 16.7. The number of fused-ring (bicyclic) bond motifs is 1. The third kappa shape index (κ3) is 3.80. The van der Waals surface area contributed by atoms with Crippen LogP contribution >= 0.6 is 0 Å². The molecule has 0 aromatic heterocycles. The van der Waals surface area contributed by atoms with Crippen molar-refractivity contribution in [3.05, 3.63) is 77.9 Å². The highest BCUT2D eigenvalue weighted by Crippen LogP contribution is 2.41. The molecule has 5 nitrogen and oxygen atoms in total. The van der Waals surface area contributed by atoms with E-state index >= 15 is 0 Å². The average molecular weight is 359 g/mol. The molecular weight excluding hydrogens is 342 g/mol. The molecule has 0 amide bonds. The number of rotatable bonds is 6. The number of ether oxygens (including phenoxy) is 4. The summed E-state index contributed by atoms with van der Waals surface area (Å²) in [4.78, 5) is 0. The van der Waals surface area contributed by atoms with Crippen LogP contribution < -0.4 is 18.9 Å². The van der Waals surface area contributed by atoms with E-state index in [0.29, 0.717) is 35.4 Å². The number of benzene rings is 3. The Morgan fingerprint density at radius 3 is 2.33 bits per heavy atom. The molecule has 134 valence electrons. The molecule has 0 spiro atoms. The lowest BCUT2D eigenvalue weighted by Crippen LogP contribution is -1.98. The first-order valence-electron chi connectivity index (χ1n) is 8.56. The largest absolute Gasteiger partial charge is 0.485 e. The fraction of sp³-hybridized carbons (Fsp3) is 0.136.